The highest BCUT2D eigenvalue weighted by Crippen LogP contribution is 2.35. The minimum atomic E-state index is 0.536. The first kappa shape index (κ1) is 14.7. The molecule has 1 aliphatic heterocycles. The van der Waals surface area contributed by atoms with Crippen LogP contribution >= 0.6 is 0 Å². The van der Waals surface area contributed by atoms with Gasteiger partial charge < -0.3 is 10.2 Å². The van der Waals surface area contributed by atoms with Crippen LogP contribution in [0.3, 0.4) is 0 Å². The Morgan fingerprint density at radius 1 is 1.05 bits per heavy atom. The number of rotatable bonds is 3. The predicted molar refractivity (Wildman–Crippen MR) is 92.2 cm³/mol. The Labute approximate surface area is 129 Å². The van der Waals surface area contributed by atoms with E-state index < -0.39 is 0 Å². The number of anilines is 2. The molecule has 0 radical (unpaired) electrons. The average molecular weight is 286 g/mol. The standard InChI is InChI=1S/C19H30N2/c1-19(2)11-6-8-16(10-12-19)20-17-7-5-9-18(15-17)21-13-3-4-14-21/h5,7,9,15-16,20H,3-4,6,8,10-14H2,1-2H3. The monoisotopic (exact) mass is 286 g/mol. The molecule has 2 fully saturated rings. The van der Waals surface area contributed by atoms with Gasteiger partial charge in [0.25, 0.3) is 0 Å². The molecule has 1 saturated heterocycles. The van der Waals surface area contributed by atoms with Gasteiger partial charge in [0, 0.05) is 30.5 Å². The lowest BCUT2D eigenvalue weighted by molar-refractivity contribution is 0.313. The number of hydrogen-bond donors (Lipinski definition) is 1. The van der Waals surface area contributed by atoms with Gasteiger partial charge in [0.15, 0.2) is 0 Å². The largest absolute Gasteiger partial charge is 0.382 e. The molecule has 1 N–H and O–H groups in total. The molecule has 0 amide bonds. The lowest BCUT2D eigenvalue weighted by atomic mass is 9.85. The van der Waals surface area contributed by atoms with Gasteiger partial charge >= 0.3 is 0 Å². The lowest BCUT2D eigenvalue weighted by Gasteiger charge is -2.23. The van der Waals surface area contributed by atoms with E-state index in [-0.39, 0.29) is 0 Å². The molecule has 2 heteroatoms. The SMILES string of the molecule is CC1(C)CCCC(Nc2cccc(N3CCCC3)c2)CC1. The van der Waals surface area contributed by atoms with Crippen LogP contribution in [0.1, 0.15) is 58.8 Å². The summed E-state index contributed by atoms with van der Waals surface area (Å²) in [6, 6.07) is 9.70. The first-order valence-corrected chi connectivity index (χ1v) is 8.74. The topological polar surface area (TPSA) is 15.3 Å². The highest BCUT2D eigenvalue weighted by molar-refractivity contribution is 5.58. The van der Waals surface area contributed by atoms with Crippen molar-refractivity contribution in [2.75, 3.05) is 23.3 Å². The first-order chi connectivity index (χ1) is 10.1. The van der Waals surface area contributed by atoms with Crippen molar-refractivity contribution >= 4 is 11.4 Å². The maximum Gasteiger partial charge on any atom is 0.0386 e. The summed E-state index contributed by atoms with van der Waals surface area (Å²) >= 11 is 0. The van der Waals surface area contributed by atoms with Crippen LogP contribution in [0.4, 0.5) is 11.4 Å². The normalized spacial score (nSPS) is 25.6. The Balaban J connectivity index is 1.63. The summed E-state index contributed by atoms with van der Waals surface area (Å²) in [5.74, 6) is 0. The molecule has 0 aromatic heterocycles. The van der Waals surface area contributed by atoms with Gasteiger partial charge in [0.1, 0.15) is 0 Å². The lowest BCUT2D eigenvalue weighted by Crippen LogP contribution is -2.20. The van der Waals surface area contributed by atoms with Gasteiger partial charge in [-0.3, -0.25) is 0 Å². The highest BCUT2D eigenvalue weighted by atomic mass is 15.1. The van der Waals surface area contributed by atoms with E-state index in [0.717, 1.165) is 0 Å². The second-order valence-electron chi connectivity index (χ2n) is 7.68. The van der Waals surface area contributed by atoms with Crippen LogP contribution in [0.25, 0.3) is 0 Å². The average Bonchev–Trinajstić information content (AvgIpc) is 2.93. The molecule has 0 spiro atoms. The summed E-state index contributed by atoms with van der Waals surface area (Å²) in [7, 11) is 0. The van der Waals surface area contributed by atoms with Crippen LogP contribution in [0, 0.1) is 5.41 Å². The number of nitrogens with zero attached hydrogens (tertiary/aromatic N) is 1. The van der Waals surface area contributed by atoms with Gasteiger partial charge in [-0.25, -0.2) is 0 Å². The van der Waals surface area contributed by atoms with Gasteiger partial charge in [0.05, 0.1) is 0 Å². The maximum absolute atomic E-state index is 3.80. The zero-order valence-electron chi connectivity index (χ0n) is 13.7. The third kappa shape index (κ3) is 3.93. The fourth-order valence-corrected chi connectivity index (χ4v) is 3.81. The Morgan fingerprint density at radius 3 is 2.67 bits per heavy atom. The Kier molecular flexibility index (Phi) is 4.42. The molecule has 1 aliphatic carbocycles. The molecule has 1 aromatic rings. The van der Waals surface area contributed by atoms with Crippen LogP contribution in [-0.2, 0) is 0 Å². The van der Waals surface area contributed by atoms with Crippen molar-refractivity contribution in [1.29, 1.82) is 0 Å². The van der Waals surface area contributed by atoms with Crippen molar-refractivity contribution in [3.05, 3.63) is 24.3 Å². The Bertz CT molecular complexity index is 460. The summed E-state index contributed by atoms with van der Waals surface area (Å²) < 4.78 is 0. The second kappa shape index (κ2) is 6.29. The number of hydrogen-bond acceptors (Lipinski definition) is 2. The van der Waals surface area contributed by atoms with Crippen LogP contribution < -0.4 is 10.2 Å². The predicted octanol–water partition coefficient (Wildman–Crippen LogP) is 5.06. The molecule has 1 heterocycles. The van der Waals surface area contributed by atoms with E-state index in [2.05, 4.69) is 48.3 Å². The second-order valence-corrected chi connectivity index (χ2v) is 7.68. The van der Waals surface area contributed by atoms with Crippen LogP contribution in [0.2, 0.25) is 0 Å². The molecule has 2 aliphatic rings. The van der Waals surface area contributed by atoms with Crippen molar-refractivity contribution in [1.82, 2.24) is 0 Å². The third-order valence-electron chi connectivity index (χ3n) is 5.26. The molecule has 1 unspecified atom stereocenters. The fraction of sp³-hybridized carbons (Fsp3) is 0.684. The van der Waals surface area contributed by atoms with Gasteiger partial charge in [-0.2, -0.15) is 0 Å². The smallest absolute Gasteiger partial charge is 0.0386 e. The molecule has 1 atom stereocenters. The molecular weight excluding hydrogens is 256 g/mol. The molecule has 1 aromatic carbocycles. The van der Waals surface area contributed by atoms with Crippen molar-refractivity contribution in [3.8, 4) is 0 Å². The van der Waals surface area contributed by atoms with Gasteiger partial charge in [-0.1, -0.05) is 26.3 Å². The van der Waals surface area contributed by atoms with Crippen LogP contribution in [-0.4, -0.2) is 19.1 Å². The number of nitrogens with one attached hydrogen (secondary N) is 1. The van der Waals surface area contributed by atoms with E-state index in [4.69, 9.17) is 0 Å². The third-order valence-corrected chi connectivity index (χ3v) is 5.26. The Morgan fingerprint density at radius 2 is 1.86 bits per heavy atom. The minimum Gasteiger partial charge on any atom is -0.382 e. The van der Waals surface area contributed by atoms with Crippen LogP contribution in [0.5, 0.6) is 0 Å². The Hall–Kier alpha value is -1.18. The molecule has 21 heavy (non-hydrogen) atoms. The van der Waals surface area contributed by atoms with Gasteiger partial charge in [-0.05, 0) is 62.1 Å². The van der Waals surface area contributed by atoms with Crippen molar-refractivity contribution < 1.29 is 0 Å². The zero-order valence-corrected chi connectivity index (χ0v) is 13.7. The maximum atomic E-state index is 3.80. The number of benzene rings is 1. The minimum absolute atomic E-state index is 0.536. The summed E-state index contributed by atoms with van der Waals surface area (Å²) in [5, 5.41) is 3.80. The van der Waals surface area contributed by atoms with Gasteiger partial charge in [-0.15, -0.1) is 0 Å². The first-order valence-electron chi connectivity index (χ1n) is 8.74. The van der Waals surface area contributed by atoms with E-state index in [0.29, 0.717) is 11.5 Å². The highest BCUT2D eigenvalue weighted by Gasteiger charge is 2.24. The van der Waals surface area contributed by atoms with Crippen molar-refractivity contribution in [3.63, 3.8) is 0 Å². The summed E-state index contributed by atoms with van der Waals surface area (Å²) in [6.45, 7) is 7.29. The van der Waals surface area contributed by atoms with E-state index >= 15 is 0 Å². The van der Waals surface area contributed by atoms with Crippen molar-refractivity contribution in [2.45, 2.75) is 64.8 Å². The molecule has 3 rings (SSSR count). The van der Waals surface area contributed by atoms with E-state index in [9.17, 15) is 0 Å². The molecule has 0 bridgehead atoms. The molecule has 116 valence electrons. The van der Waals surface area contributed by atoms with Gasteiger partial charge in [0.2, 0.25) is 0 Å². The fourth-order valence-electron chi connectivity index (χ4n) is 3.81. The van der Waals surface area contributed by atoms with Crippen LogP contribution in [0.15, 0.2) is 24.3 Å². The summed E-state index contributed by atoms with van der Waals surface area (Å²) in [5.41, 5.74) is 3.24. The quantitative estimate of drug-likeness (QED) is 0.781. The van der Waals surface area contributed by atoms with E-state index in [1.165, 1.54) is 69.4 Å². The molecule has 2 nitrogen and oxygen atoms in total. The van der Waals surface area contributed by atoms with Crippen molar-refractivity contribution in [2.24, 2.45) is 5.41 Å². The van der Waals surface area contributed by atoms with E-state index in [1.54, 1.807) is 0 Å². The molecular formula is C19H30N2. The summed E-state index contributed by atoms with van der Waals surface area (Å²) in [4.78, 5) is 2.52. The zero-order chi connectivity index (χ0) is 14.7. The van der Waals surface area contributed by atoms with E-state index in [1.807, 2.05) is 0 Å². The summed E-state index contributed by atoms with van der Waals surface area (Å²) in [6.07, 6.45) is 9.38. The molecule has 1 saturated carbocycles.